The van der Waals surface area contributed by atoms with E-state index < -0.39 is 67.6 Å². The molecular formula is C14H27N3O8. The molecule has 146 valence electrons. The maximum absolute atomic E-state index is 10.7. The zero-order chi connectivity index (χ0) is 19.1. The van der Waals surface area contributed by atoms with Crippen LogP contribution < -0.4 is 16.0 Å². The minimum Gasteiger partial charge on any atom is -0.480 e. The van der Waals surface area contributed by atoms with Gasteiger partial charge in [-0.05, 0) is 6.42 Å². The lowest BCUT2D eigenvalue weighted by atomic mass is 9.79. The largest absolute Gasteiger partial charge is 0.480 e. The van der Waals surface area contributed by atoms with Crippen molar-refractivity contribution in [1.29, 1.82) is 0 Å². The molecule has 11 nitrogen and oxygen atoms in total. The molecular weight excluding hydrogens is 338 g/mol. The molecule has 11 heteroatoms. The first kappa shape index (κ1) is 21.7. The second-order valence-electron chi connectivity index (χ2n) is 6.07. The smallest absolute Gasteiger partial charge is 0.317 e. The Morgan fingerprint density at radius 1 is 0.840 bits per heavy atom. The van der Waals surface area contributed by atoms with Gasteiger partial charge in [-0.3, -0.25) is 20.2 Å². The minimum absolute atomic E-state index is 0.0582. The SMILES string of the molecule is CCC(O)CNC1C(O)C(NCC(=O)O)C(O)C(NCC(=O)O)C1O. The Morgan fingerprint density at radius 2 is 1.20 bits per heavy atom. The van der Waals surface area contributed by atoms with Crippen molar-refractivity contribution in [2.75, 3.05) is 19.6 Å². The van der Waals surface area contributed by atoms with Gasteiger partial charge in [0.25, 0.3) is 0 Å². The first-order valence-corrected chi connectivity index (χ1v) is 8.05. The summed E-state index contributed by atoms with van der Waals surface area (Å²) >= 11 is 0. The van der Waals surface area contributed by atoms with Gasteiger partial charge in [0.2, 0.25) is 0 Å². The predicted molar refractivity (Wildman–Crippen MR) is 85.0 cm³/mol. The highest BCUT2D eigenvalue weighted by Crippen LogP contribution is 2.22. The number of rotatable bonds is 10. The maximum atomic E-state index is 10.7. The summed E-state index contributed by atoms with van der Waals surface area (Å²) in [5.41, 5.74) is 0. The number of aliphatic hydroxyl groups excluding tert-OH is 4. The Kier molecular flexibility index (Phi) is 8.65. The Hall–Kier alpha value is -1.34. The first-order chi connectivity index (χ1) is 11.7. The van der Waals surface area contributed by atoms with Gasteiger partial charge < -0.3 is 36.0 Å². The molecule has 0 aromatic rings. The number of hydrogen-bond donors (Lipinski definition) is 9. The summed E-state index contributed by atoms with van der Waals surface area (Å²) in [6.07, 6.45) is -4.44. The normalized spacial score (nSPS) is 33.8. The van der Waals surface area contributed by atoms with E-state index in [2.05, 4.69) is 16.0 Å². The van der Waals surface area contributed by atoms with E-state index in [0.29, 0.717) is 6.42 Å². The summed E-state index contributed by atoms with van der Waals surface area (Å²) in [6, 6.07) is -3.26. The molecule has 0 aromatic carbocycles. The summed E-state index contributed by atoms with van der Waals surface area (Å²) in [6.45, 7) is 0.733. The van der Waals surface area contributed by atoms with Gasteiger partial charge in [0.15, 0.2) is 0 Å². The molecule has 0 aliphatic heterocycles. The third kappa shape index (κ3) is 6.15. The van der Waals surface area contributed by atoms with Crippen LogP contribution in [0.2, 0.25) is 0 Å². The second-order valence-corrected chi connectivity index (χ2v) is 6.07. The van der Waals surface area contributed by atoms with Crippen molar-refractivity contribution in [1.82, 2.24) is 16.0 Å². The van der Waals surface area contributed by atoms with Gasteiger partial charge in [0, 0.05) is 6.54 Å². The minimum atomic E-state index is -1.43. The van der Waals surface area contributed by atoms with Gasteiger partial charge in [-0.25, -0.2) is 0 Å². The van der Waals surface area contributed by atoms with Crippen molar-refractivity contribution in [3.8, 4) is 0 Å². The molecule has 1 aliphatic carbocycles. The molecule has 0 aromatic heterocycles. The zero-order valence-electron chi connectivity index (χ0n) is 13.9. The van der Waals surface area contributed by atoms with Crippen LogP contribution in [0, 0.1) is 0 Å². The summed E-state index contributed by atoms with van der Waals surface area (Å²) in [4.78, 5) is 21.5. The van der Waals surface area contributed by atoms with Crippen LogP contribution in [0.5, 0.6) is 0 Å². The van der Waals surface area contributed by atoms with E-state index in [1.165, 1.54) is 0 Å². The number of carboxylic acids is 2. The van der Waals surface area contributed by atoms with Crippen LogP contribution in [0.4, 0.5) is 0 Å². The fourth-order valence-corrected chi connectivity index (χ4v) is 2.83. The number of carboxylic acid groups (broad SMARTS) is 2. The Balaban J connectivity index is 2.92. The Bertz CT molecular complexity index is 420. The van der Waals surface area contributed by atoms with Crippen LogP contribution in [0.3, 0.4) is 0 Å². The van der Waals surface area contributed by atoms with Gasteiger partial charge in [-0.1, -0.05) is 6.92 Å². The van der Waals surface area contributed by atoms with Crippen LogP contribution >= 0.6 is 0 Å². The number of aliphatic hydroxyl groups is 4. The maximum Gasteiger partial charge on any atom is 0.317 e. The van der Waals surface area contributed by atoms with Crippen LogP contribution in [-0.4, -0.2) is 105 Å². The highest BCUT2D eigenvalue weighted by molar-refractivity contribution is 5.69. The molecule has 0 bridgehead atoms. The lowest BCUT2D eigenvalue weighted by Crippen LogP contribution is -2.74. The molecule has 0 saturated heterocycles. The molecule has 1 fully saturated rings. The van der Waals surface area contributed by atoms with Gasteiger partial charge in [0.05, 0.1) is 55.6 Å². The number of nitrogens with one attached hydrogen (secondary N) is 3. The lowest BCUT2D eigenvalue weighted by Gasteiger charge is -2.47. The summed E-state index contributed by atoms with van der Waals surface area (Å²) < 4.78 is 0. The summed E-state index contributed by atoms with van der Waals surface area (Å²) in [5, 5.41) is 66.1. The molecule has 1 aliphatic rings. The van der Waals surface area contributed by atoms with Gasteiger partial charge in [-0.15, -0.1) is 0 Å². The van der Waals surface area contributed by atoms with E-state index in [0.717, 1.165) is 0 Å². The van der Waals surface area contributed by atoms with Crippen molar-refractivity contribution >= 4 is 11.9 Å². The third-order valence-corrected chi connectivity index (χ3v) is 4.25. The van der Waals surface area contributed by atoms with Crippen LogP contribution in [0.1, 0.15) is 13.3 Å². The van der Waals surface area contributed by atoms with E-state index >= 15 is 0 Å². The molecule has 1 saturated carbocycles. The van der Waals surface area contributed by atoms with E-state index in [9.17, 15) is 30.0 Å². The molecule has 5 atom stereocenters. The fraction of sp³-hybridized carbons (Fsp3) is 0.857. The van der Waals surface area contributed by atoms with Crippen LogP contribution in [-0.2, 0) is 9.59 Å². The Labute approximate surface area is 144 Å². The summed E-state index contributed by atoms with van der Waals surface area (Å²) in [7, 11) is 0. The first-order valence-electron chi connectivity index (χ1n) is 8.05. The molecule has 9 N–H and O–H groups in total. The van der Waals surface area contributed by atoms with Crippen molar-refractivity contribution in [3.63, 3.8) is 0 Å². The number of hydrogen-bond acceptors (Lipinski definition) is 9. The number of carbonyl (C=O) groups is 2. The number of aliphatic carboxylic acids is 2. The topological polar surface area (TPSA) is 192 Å². The van der Waals surface area contributed by atoms with E-state index in [-0.39, 0.29) is 6.54 Å². The molecule has 0 radical (unpaired) electrons. The van der Waals surface area contributed by atoms with Crippen molar-refractivity contribution in [2.45, 2.75) is 55.9 Å². The zero-order valence-corrected chi connectivity index (χ0v) is 13.9. The molecule has 25 heavy (non-hydrogen) atoms. The van der Waals surface area contributed by atoms with E-state index in [4.69, 9.17) is 10.2 Å². The van der Waals surface area contributed by atoms with E-state index in [1.54, 1.807) is 6.92 Å². The molecule has 0 heterocycles. The third-order valence-electron chi connectivity index (χ3n) is 4.25. The van der Waals surface area contributed by atoms with Crippen molar-refractivity contribution in [2.24, 2.45) is 0 Å². The predicted octanol–water partition coefficient (Wildman–Crippen LogP) is -4.10. The average molecular weight is 365 g/mol. The highest BCUT2D eigenvalue weighted by atomic mass is 16.4. The van der Waals surface area contributed by atoms with Gasteiger partial charge in [-0.2, -0.15) is 0 Å². The van der Waals surface area contributed by atoms with Crippen molar-refractivity contribution < 1.29 is 40.2 Å². The van der Waals surface area contributed by atoms with Crippen molar-refractivity contribution in [3.05, 3.63) is 0 Å². The second kappa shape index (κ2) is 9.97. The van der Waals surface area contributed by atoms with Crippen LogP contribution in [0.15, 0.2) is 0 Å². The monoisotopic (exact) mass is 365 g/mol. The average Bonchev–Trinajstić information content (AvgIpc) is 2.53. The van der Waals surface area contributed by atoms with Crippen LogP contribution in [0.25, 0.3) is 0 Å². The summed E-state index contributed by atoms with van der Waals surface area (Å²) in [5.74, 6) is -2.40. The highest BCUT2D eigenvalue weighted by Gasteiger charge is 2.49. The quantitative estimate of drug-likeness (QED) is 0.183. The fourth-order valence-electron chi connectivity index (χ4n) is 2.83. The molecule has 0 spiro atoms. The van der Waals surface area contributed by atoms with Gasteiger partial charge in [0.1, 0.15) is 0 Å². The molecule has 5 unspecified atom stereocenters. The van der Waals surface area contributed by atoms with E-state index in [1.807, 2.05) is 0 Å². The lowest BCUT2D eigenvalue weighted by molar-refractivity contribution is -0.138. The molecule has 1 rings (SSSR count). The standard InChI is InChI=1S/C14H27N3O8/c1-2-6(18)3-15-9-12(23)10(16-4-7(19)20)14(25)11(13(9)24)17-5-8(21)22/h6,9-18,23-25H,2-5H2,1H3,(H,19,20)(H,21,22). The van der Waals surface area contributed by atoms with Gasteiger partial charge >= 0.3 is 11.9 Å². The Morgan fingerprint density at radius 3 is 1.52 bits per heavy atom. The molecule has 0 amide bonds.